The van der Waals surface area contributed by atoms with E-state index in [9.17, 15) is 10.1 Å². The molecule has 0 atom stereocenters. The third-order valence-corrected chi connectivity index (χ3v) is 5.18. The summed E-state index contributed by atoms with van der Waals surface area (Å²) in [7, 11) is 0. The molecular formula is C24H35N3O2. The lowest BCUT2D eigenvalue weighted by molar-refractivity contribution is -0.385. The zero-order valence-corrected chi connectivity index (χ0v) is 18.2. The molecule has 5 nitrogen and oxygen atoms in total. The third-order valence-electron chi connectivity index (χ3n) is 5.18. The molecule has 0 bridgehead atoms. The van der Waals surface area contributed by atoms with Gasteiger partial charge in [-0.2, -0.15) is 0 Å². The Bertz CT molecular complexity index is 779. The van der Waals surface area contributed by atoms with E-state index in [1.807, 2.05) is 24.3 Å². The molecule has 0 aliphatic carbocycles. The predicted octanol–water partition coefficient (Wildman–Crippen LogP) is 5.52. The lowest BCUT2D eigenvalue weighted by Crippen LogP contribution is -2.36. The van der Waals surface area contributed by atoms with E-state index >= 15 is 0 Å². The molecular weight excluding hydrogens is 362 g/mol. The SMILES string of the molecule is CC(C)CC(CC(C)C)N(Cc1cccc(CN)c1)Cc1ccccc1[N+](=O)[O-]. The third kappa shape index (κ3) is 7.26. The molecule has 0 spiro atoms. The van der Waals surface area contributed by atoms with Crippen LogP contribution in [0, 0.1) is 22.0 Å². The van der Waals surface area contributed by atoms with E-state index in [-0.39, 0.29) is 10.6 Å². The van der Waals surface area contributed by atoms with E-state index in [0.29, 0.717) is 31.0 Å². The van der Waals surface area contributed by atoms with E-state index in [1.165, 1.54) is 5.56 Å². The molecule has 2 N–H and O–H groups in total. The van der Waals surface area contributed by atoms with Crippen LogP contribution in [0.2, 0.25) is 0 Å². The molecule has 0 aliphatic rings. The summed E-state index contributed by atoms with van der Waals surface area (Å²) in [6, 6.07) is 15.8. The van der Waals surface area contributed by atoms with Crippen LogP contribution in [0.3, 0.4) is 0 Å². The van der Waals surface area contributed by atoms with Crippen LogP contribution < -0.4 is 5.73 Å². The maximum absolute atomic E-state index is 11.5. The van der Waals surface area contributed by atoms with Crippen LogP contribution in [-0.2, 0) is 19.6 Å². The van der Waals surface area contributed by atoms with Gasteiger partial charge in [-0.3, -0.25) is 15.0 Å². The van der Waals surface area contributed by atoms with Gasteiger partial charge >= 0.3 is 0 Å². The predicted molar refractivity (Wildman–Crippen MR) is 119 cm³/mol. The molecule has 0 aliphatic heterocycles. The number of rotatable bonds is 11. The summed E-state index contributed by atoms with van der Waals surface area (Å²) in [5.41, 5.74) is 9.10. The van der Waals surface area contributed by atoms with Gasteiger partial charge in [0.05, 0.1) is 4.92 Å². The second-order valence-corrected chi connectivity index (χ2v) is 8.73. The molecule has 0 saturated heterocycles. The molecule has 0 aromatic heterocycles. The fraction of sp³-hybridized carbons (Fsp3) is 0.500. The number of nitrogens with two attached hydrogens (primary N) is 1. The summed E-state index contributed by atoms with van der Waals surface area (Å²) in [4.78, 5) is 13.7. The quantitative estimate of drug-likeness (QED) is 0.400. The van der Waals surface area contributed by atoms with Crippen LogP contribution in [0.5, 0.6) is 0 Å². The van der Waals surface area contributed by atoms with Crippen molar-refractivity contribution in [3.63, 3.8) is 0 Å². The minimum absolute atomic E-state index is 0.195. The Morgan fingerprint density at radius 1 is 0.931 bits per heavy atom. The average molecular weight is 398 g/mol. The standard InChI is InChI=1S/C24H35N3O2/c1-18(2)12-23(13-19(3)4)26(16-21-9-7-8-20(14-21)15-25)17-22-10-5-6-11-24(22)27(28)29/h5-11,14,18-19,23H,12-13,15-17,25H2,1-4H3. The lowest BCUT2D eigenvalue weighted by atomic mass is 9.93. The van der Waals surface area contributed by atoms with Gasteiger partial charge in [-0.25, -0.2) is 0 Å². The molecule has 0 saturated carbocycles. The maximum atomic E-state index is 11.5. The van der Waals surface area contributed by atoms with Gasteiger partial charge in [0, 0.05) is 37.3 Å². The highest BCUT2D eigenvalue weighted by molar-refractivity contribution is 5.39. The highest BCUT2D eigenvalue weighted by Crippen LogP contribution is 2.27. The summed E-state index contributed by atoms with van der Waals surface area (Å²) < 4.78 is 0. The van der Waals surface area contributed by atoms with E-state index in [2.05, 4.69) is 44.7 Å². The number of nitro groups is 1. The van der Waals surface area contributed by atoms with Crippen molar-refractivity contribution in [3.05, 3.63) is 75.3 Å². The van der Waals surface area contributed by atoms with Crippen LogP contribution in [0.1, 0.15) is 57.2 Å². The Morgan fingerprint density at radius 3 is 2.14 bits per heavy atom. The first-order valence-corrected chi connectivity index (χ1v) is 10.5. The normalized spacial score (nSPS) is 11.8. The maximum Gasteiger partial charge on any atom is 0.273 e. The van der Waals surface area contributed by atoms with Crippen molar-refractivity contribution in [2.24, 2.45) is 17.6 Å². The van der Waals surface area contributed by atoms with Gasteiger partial charge in [-0.15, -0.1) is 0 Å². The molecule has 158 valence electrons. The van der Waals surface area contributed by atoms with E-state index in [0.717, 1.165) is 30.5 Å². The average Bonchev–Trinajstić information content (AvgIpc) is 2.66. The molecule has 5 heteroatoms. The summed E-state index contributed by atoms with van der Waals surface area (Å²) in [5, 5.41) is 11.5. The Balaban J connectivity index is 2.38. The molecule has 0 heterocycles. The first kappa shape index (κ1) is 23.0. The number of para-hydroxylation sites is 1. The second kappa shape index (κ2) is 11.1. The fourth-order valence-electron chi connectivity index (χ4n) is 3.93. The molecule has 2 aromatic rings. The number of nitrogens with zero attached hydrogens (tertiary/aromatic N) is 2. The monoisotopic (exact) mass is 397 g/mol. The molecule has 0 fully saturated rings. The molecule has 2 rings (SSSR count). The Hall–Kier alpha value is -2.24. The minimum Gasteiger partial charge on any atom is -0.326 e. The molecule has 0 radical (unpaired) electrons. The highest BCUT2D eigenvalue weighted by Gasteiger charge is 2.24. The van der Waals surface area contributed by atoms with Crippen LogP contribution in [-0.4, -0.2) is 15.9 Å². The fourth-order valence-corrected chi connectivity index (χ4v) is 3.93. The number of nitro benzene ring substituents is 1. The van der Waals surface area contributed by atoms with Crippen LogP contribution >= 0.6 is 0 Å². The zero-order chi connectivity index (χ0) is 21.4. The number of benzene rings is 2. The van der Waals surface area contributed by atoms with Crippen molar-refractivity contribution >= 4 is 5.69 Å². The van der Waals surface area contributed by atoms with Crippen molar-refractivity contribution in [2.75, 3.05) is 0 Å². The van der Waals surface area contributed by atoms with Crippen LogP contribution in [0.15, 0.2) is 48.5 Å². The number of hydrogen-bond acceptors (Lipinski definition) is 4. The van der Waals surface area contributed by atoms with Gasteiger partial charge < -0.3 is 5.73 Å². The molecule has 2 aromatic carbocycles. The van der Waals surface area contributed by atoms with E-state index < -0.39 is 0 Å². The summed E-state index contributed by atoms with van der Waals surface area (Å²) in [6.07, 6.45) is 2.13. The summed E-state index contributed by atoms with van der Waals surface area (Å²) in [6.45, 7) is 10.8. The zero-order valence-electron chi connectivity index (χ0n) is 18.2. The largest absolute Gasteiger partial charge is 0.326 e. The van der Waals surface area contributed by atoms with E-state index in [1.54, 1.807) is 12.1 Å². The van der Waals surface area contributed by atoms with Gasteiger partial charge in [-0.05, 0) is 35.8 Å². The van der Waals surface area contributed by atoms with Crippen molar-refractivity contribution in [1.29, 1.82) is 0 Å². The minimum atomic E-state index is -0.275. The van der Waals surface area contributed by atoms with Gasteiger partial charge in [-0.1, -0.05) is 70.2 Å². The smallest absolute Gasteiger partial charge is 0.273 e. The van der Waals surface area contributed by atoms with Crippen molar-refractivity contribution < 1.29 is 4.92 Å². The number of hydrogen-bond donors (Lipinski definition) is 1. The van der Waals surface area contributed by atoms with Crippen LogP contribution in [0.25, 0.3) is 0 Å². The Labute approximate surface area is 175 Å². The van der Waals surface area contributed by atoms with Crippen molar-refractivity contribution in [1.82, 2.24) is 4.90 Å². The topological polar surface area (TPSA) is 72.4 Å². The van der Waals surface area contributed by atoms with Gasteiger partial charge in [0.2, 0.25) is 0 Å². The molecule has 29 heavy (non-hydrogen) atoms. The first-order valence-electron chi connectivity index (χ1n) is 10.5. The summed E-state index contributed by atoms with van der Waals surface area (Å²) >= 11 is 0. The first-order chi connectivity index (χ1) is 13.8. The molecule has 0 amide bonds. The van der Waals surface area contributed by atoms with Gasteiger partial charge in [0.15, 0.2) is 0 Å². The Morgan fingerprint density at radius 2 is 1.55 bits per heavy atom. The van der Waals surface area contributed by atoms with Crippen molar-refractivity contribution in [3.8, 4) is 0 Å². The lowest BCUT2D eigenvalue weighted by Gasteiger charge is -2.34. The van der Waals surface area contributed by atoms with Crippen LogP contribution in [0.4, 0.5) is 5.69 Å². The molecule has 0 unspecified atom stereocenters. The van der Waals surface area contributed by atoms with Gasteiger partial charge in [0.25, 0.3) is 5.69 Å². The Kier molecular flexibility index (Phi) is 8.80. The summed E-state index contributed by atoms with van der Waals surface area (Å²) in [5.74, 6) is 1.12. The van der Waals surface area contributed by atoms with Gasteiger partial charge in [0.1, 0.15) is 0 Å². The van der Waals surface area contributed by atoms with Crippen molar-refractivity contribution in [2.45, 2.75) is 66.2 Å². The van der Waals surface area contributed by atoms with E-state index in [4.69, 9.17) is 5.73 Å². The highest BCUT2D eigenvalue weighted by atomic mass is 16.6. The second-order valence-electron chi connectivity index (χ2n) is 8.73.